The van der Waals surface area contributed by atoms with Crippen LogP contribution in [0.5, 0.6) is 0 Å². The largest absolute Gasteiger partial charge is 0.311 e. The Hall–Kier alpha value is -5.18. The zero-order chi connectivity index (χ0) is 27.8. The first kappa shape index (κ1) is 23.5. The van der Waals surface area contributed by atoms with E-state index in [1.54, 1.807) is 0 Å². The molecule has 5 heteroatoms. The van der Waals surface area contributed by atoms with Gasteiger partial charge in [0.2, 0.25) is 0 Å². The summed E-state index contributed by atoms with van der Waals surface area (Å²) in [5, 5.41) is 10.1. The zero-order valence-electron chi connectivity index (χ0n) is 22.5. The molecule has 0 N–H and O–H groups in total. The normalized spacial score (nSPS) is 13.5. The first-order valence-electron chi connectivity index (χ1n) is 14.1. The van der Waals surface area contributed by atoms with Gasteiger partial charge in [-0.1, -0.05) is 90.6 Å². The maximum absolute atomic E-state index is 10.1. The molecule has 9 rings (SSSR count). The Morgan fingerprint density at radius 1 is 0.571 bits per heavy atom. The molecule has 0 unspecified atom stereocenters. The van der Waals surface area contributed by atoms with Gasteiger partial charge in [-0.15, -0.1) is 0 Å². The molecule has 6 aromatic rings. The minimum atomic E-state index is 0.0866. The molecule has 0 radical (unpaired) electrons. The van der Waals surface area contributed by atoms with Crippen LogP contribution in [-0.2, 0) is 0 Å². The highest BCUT2D eigenvalue weighted by molar-refractivity contribution is 7.99. The summed E-state index contributed by atoms with van der Waals surface area (Å²) >= 11 is 1.85. The second-order valence-corrected chi connectivity index (χ2v) is 11.9. The molecule has 3 heterocycles. The van der Waals surface area contributed by atoms with Crippen LogP contribution in [0, 0.1) is 11.3 Å². The lowest BCUT2D eigenvalue weighted by atomic mass is 9.33. The quantitative estimate of drug-likeness (QED) is 0.205. The Bertz CT molecular complexity index is 2120. The predicted molar refractivity (Wildman–Crippen MR) is 175 cm³/mol. The molecule has 0 aromatic heterocycles. The predicted octanol–water partition coefficient (Wildman–Crippen LogP) is 7.77. The van der Waals surface area contributed by atoms with Crippen molar-refractivity contribution in [3.63, 3.8) is 0 Å². The molecule has 0 saturated heterocycles. The number of fused-ring (bicyclic) bond motifs is 6. The van der Waals surface area contributed by atoms with Gasteiger partial charge >= 0.3 is 0 Å². The van der Waals surface area contributed by atoms with Crippen LogP contribution < -0.4 is 26.2 Å². The molecule has 0 fully saturated rings. The van der Waals surface area contributed by atoms with Crippen molar-refractivity contribution in [2.75, 3.05) is 9.80 Å². The van der Waals surface area contributed by atoms with E-state index >= 15 is 0 Å². The lowest BCUT2D eigenvalue weighted by Gasteiger charge is -2.46. The average Bonchev–Trinajstić information content (AvgIpc) is 3.06. The molecule has 0 saturated carbocycles. The average molecular weight is 551 g/mol. The highest BCUT2D eigenvalue weighted by atomic mass is 32.2. The zero-order valence-corrected chi connectivity index (χ0v) is 23.3. The van der Waals surface area contributed by atoms with Crippen LogP contribution in [0.15, 0.2) is 143 Å². The lowest BCUT2D eigenvalue weighted by molar-refractivity contribution is 1.17. The van der Waals surface area contributed by atoms with E-state index in [0.29, 0.717) is 5.56 Å². The summed E-state index contributed by atoms with van der Waals surface area (Å²) < 4.78 is 0. The fraction of sp³-hybridized carbons (Fsp3) is 0. The van der Waals surface area contributed by atoms with Crippen molar-refractivity contribution in [2.45, 2.75) is 9.79 Å². The van der Waals surface area contributed by atoms with Gasteiger partial charge in [-0.05, 0) is 82.1 Å². The third-order valence-electron chi connectivity index (χ3n) is 8.66. The van der Waals surface area contributed by atoms with E-state index in [1.807, 2.05) is 30.0 Å². The van der Waals surface area contributed by atoms with Crippen LogP contribution in [0.3, 0.4) is 0 Å². The first-order chi connectivity index (χ1) is 20.8. The molecule has 194 valence electrons. The van der Waals surface area contributed by atoms with Crippen LogP contribution in [0.2, 0.25) is 0 Å². The molecule has 3 aliphatic heterocycles. The number of hydrogen-bond acceptors (Lipinski definition) is 4. The van der Waals surface area contributed by atoms with Crippen molar-refractivity contribution in [3.8, 4) is 17.2 Å². The summed E-state index contributed by atoms with van der Waals surface area (Å²) in [6.45, 7) is 0.0866. The van der Waals surface area contributed by atoms with Crippen molar-refractivity contribution in [3.05, 3.63) is 139 Å². The van der Waals surface area contributed by atoms with E-state index in [0.717, 1.165) is 22.5 Å². The van der Waals surface area contributed by atoms with Crippen molar-refractivity contribution in [1.82, 2.24) is 0 Å². The Labute approximate surface area is 249 Å². The number of benzene rings is 6. The molecule has 0 bridgehead atoms. The maximum Gasteiger partial charge on any atom is 0.252 e. The third-order valence-corrected chi connectivity index (χ3v) is 9.77. The number of nitrogens with zero attached hydrogens (tertiary/aromatic N) is 3. The number of rotatable bonds is 2. The Kier molecular flexibility index (Phi) is 4.99. The molecule has 6 aromatic carbocycles. The Morgan fingerprint density at radius 3 is 2.10 bits per heavy atom. The fourth-order valence-electron chi connectivity index (χ4n) is 6.99. The van der Waals surface area contributed by atoms with Gasteiger partial charge in [0, 0.05) is 32.5 Å². The molecule has 42 heavy (non-hydrogen) atoms. The number of hydrogen-bond donors (Lipinski definition) is 0. The second kappa shape index (κ2) is 8.91. The van der Waals surface area contributed by atoms with Gasteiger partial charge in [0.1, 0.15) is 0 Å². The summed E-state index contributed by atoms with van der Waals surface area (Å²) in [7, 11) is 0. The van der Waals surface area contributed by atoms with Gasteiger partial charge in [-0.25, -0.2) is 0 Å². The van der Waals surface area contributed by atoms with Crippen molar-refractivity contribution in [1.29, 1.82) is 5.26 Å². The van der Waals surface area contributed by atoms with Crippen molar-refractivity contribution < 1.29 is 0 Å². The molecular weight excluding hydrogens is 529 g/mol. The second-order valence-electron chi connectivity index (χ2n) is 10.8. The first-order valence-corrected chi connectivity index (χ1v) is 14.9. The fourth-order valence-corrected chi connectivity index (χ4v) is 8.09. The van der Waals surface area contributed by atoms with E-state index < -0.39 is 0 Å². The van der Waals surface area contributed by atoms with Crippen LogP contribution in [0.1, 0.15) is 5.56 Å². The van der Waals surface area contributed by atoms with Crippen LogP contribution in [0.4, 0.5) is 34.1 Å². The smallest absolute Gasteiger partial charge is 0.252 e. The standard InChI is InChI=1S/C37H22BN3S/c39-23-24-11-4-5-14-27(24)25-21-32-36-33(22-25)41-31-18-8-9-19-34(31)42-35-20-10-16-29(37(35)41)38(36)28-15-6-7-17-30(28)40(32)26-12-2-1-3-13-26/h1-22H. The topological polar surface area (TPSA) is 30.3 Å². The minimum absolute atomic E-state index is 0.0866. The van der Waals surface area contributed by atoms with Crippen molar-refractivity contribution in [2.24, 2.45) is 0 Å². The van der Waals surface area contributed by atoms with E-state index in [9.17, 15) is 5.26 Å². The molecular formula is C37H22BN3S. The van der Waals surface area contributed by atoms with Gasteiger partial charge in [0.05, 0.1) is 23.0 Å². The summed E-state index contributed by atoms with van der Waals surface area (Å²) in [6, 6.07) is 49.9. The molecule has 3 aliphatic rings. The van der Waals surface area contributed by atoms with E-state index in [2.05, 4.69) is 131 Å². The number of para-hydroxylation sites is 4. The SMILES string of the molecule is N#Cc1ccccc1-c1cc2c3c(c1)N1c4ccccc4Sc4cccc(c41)B3c1ccccc1N2c1ccccc1. The molecule has 0 atom stereocenters. The van der Waals surface area contributed by atoms with Gasteiger partial charge in [0.25, 0.3) is 6.71 Å². The highest BCUT2D eigenvalue weighted by Gasteiger charge is 2.45. The summed E-state index contributed by atoms with van der Waals surface area (Å²) in [4.78, 5) is 7.39. The summed E-state index contributed by atoms with van der Waals surface area (Å²) in [6.07, 6.45) is 0. The van der Waals surface area contributed by atoms with E-state index in [4.69, 9.17) is 0 Å². The summed E-state index contributed by atoms with van der Waals surface area (Å²) in [5.41, 5.74) is 13.7. The molecule has 0 aliphatic carbocycles. The summed E-state index contributed by atoms with van der Waals surface area (Å²) in [5.74, 6) is 0. The lowest BCUT2D eigenvalue weighted by Crippen LogP contribution is -2.61. The van der Waals surface area contributed by atoms with Gasteiger partial charge in [0.15, 0.2) is 0 Å². The highest BCUT2D eigenvalue weighted by Crippen LogP contribution is 2.54. The molecule has 3 nitrogen and oxygen atoms in total. The van der Waals surface area contributed by atoms with E-state index in [-0.39, 0.29) is 6.71 Å². The maximum atomic E-state index is 10.1. The van der Waals surface area contributed by atoms with Crippen LogP contribution >= 0.6 is 11.8 Å². The van der Waals surface area contributed by atoms with E-state index in [1.165, 1.54) is 48.9 Å². The monoisotopic (exact) mass is 551 g/mol. The van der Waals surface area contributed by atoms with Crippen molar-refractivity contribution >= 4 is 69.0 Å². The van der Waals surface area contributed by atoms with Gasteiger partial charge in [-0.3, -0.25) is 0 Å². The minimum Gasteiger partial charge on any atom is -0.311 e. The van der Waals surface area contributed by atoms with Crippen LogP contribution in [-0.4, -0.2) is 6.71 Å². The molecule has 0 spiro atoms. The van der Waals surface area contributed by atoms with Gasteiger partial charge < -0.3 is 9.80 Å². The number of anilines is 6. The number of nitriles is 1. The Morgan fingerprint density at radius 2 is 1.24 bits per heavy atom. The Balaban J connectivity index is 1.45. The van der Waals surface area contributed by atoms with Gasteiger partial charge in [-0.2, -0.15) is 5.26 Å². The third kappa shape index (κ3) is 3.19. The van der Waals surface area contributed by atoms with Crippen LogP contribution in [0.25, 0.3) is 11.1 Å². The molecule has 0 amide bonds.